The lowest BCUT2D eigenvalue weighted by Crippen LogP contribution is -2.17. The van der Waals surface area contributed by atoms with Gasteiger partial charge in [-0.25, -0.2) is 4.98 Å². The summed E-state index contributed by atoms with van der Waals surface area (Å²) >= 11 is 12.0. The predicted octanol–water partition coefficient (Wildman–Crippen LogP) is 7.01. The van der Waals surface area contributed by atoms with E-state index in [9.17, 15) is 18.3 Å². The topological polar surface area (TPSA) is 79.3 Å². The van der Waals surface area contributed by atoms with Crippen molar-refractivity contribution in [3.05, 3.63) is 52.5 Å². The van der Waals surface area contributed by atoms with Gasteiger partial charge >= 0.3 is 6.36 Å². The third-order valence-electron chi connectivity index (χ3n) is 4.37. The van der Waals surface area contributed by atoms with Crippen molar-refractivity contribution in [2.45, 2.75) is 32.7 Å². The SMILES string of the molecule is CC[C@H](C)Nc1nc(Nc2cc(Cl)c(O)c(Cl)c2)cc(-c2cccc(OC(F)(F)F)c2)n1. The smallest absolute Gasteiger partial charge is 0.505 e. The highest BCUT2D eigenvalue weighted by Crippen LogP contribution is 2.36. The summed E-state index contributed by atoms with van der Waals surface area (Å²) in [6.07, 6.45) is -4.01. The van der Waals surface area contributed by atoms with Crippen LogP contribution in [0.5, 0.6) is 11.5 Å². The molecule has 0 fully saturated rings. The van der Waals surface area contributed by atoms with Gasteiger partial charge in [0.25, 0.3) is 0 Å². The molecule has 6 nitrogen and oxygen atoms in total. The molecule has 0 aliphatic heterocycles. The number of anilines is 3. The first-order valence-corrected chi connectivity index (χ1v) is 10.3. The Hall–Kier alpha value is -2.91. The van der Waals surface area contributed by atoms with Crippen molar-refractivity contribution >= 4 is 40.7 Å². The molecular weight excluding hydrogens is 468 g/mol. The van der Waals surface area contributed by atoms with Crippen LogP contribution in [-0.4, -0.2) is 27.5 Å². The number of halogens is 5. The summed E-state index contributed by atoms with van der Waals surface area (Å²) in [5.74, 6) is -0.00208. The van der Waals surface area contributed by atoms with Crippen LogP contribution in [0.4, 0.5) is 30.6 Å². The fourth-order valence-electron chi connectivity index (χ4n) is 2.68. The fraction of sp³-hybridized carbons (Fsp3) is 0.238. The van der Waals surface area contributed by atoms with Gasteiger partial charge in [-0.2, -0.15) is 4.98 Å². The normalized spacial score (nSPS) is 12.3. The molecular formula is C21H19Cl2F3N4O2. The average molecular weight is 487 g/mol. The lowest BCUT2D eigenvalue weighted by Gasteiger charge is -2.15. The number of ether oxygens (including phenoxy) is 1. The Balaban J connectivity index is 2.01. The van der Waals surface area contributed by atoms with Crippen LogP contribution in [0.3, 0.4) is 0 Å². The van der Waals surface area contributed by atoms with E-state index in [1.807, 2.05) is 13.8 Å². The fourth-order valence-corrected chi connectivity index (χ4v) is 3.17. The monoisotopic (exact) mass is 486 g/mol. The van der Waals surface area contributed by atoms with Crippen LogP contribution in [-0.2, 0) is 0 Å². The Morgan fingerprint density at radius 2 is 1.78 bits per heavy atom. The Labute approximate surface area is 192 Å². The van der Waals surface area contributed by atoms with Gasteiger partial charge in [0.15, 0.2) is 5.75 Å². The first kappa shape index (κ1) is 23.7. The lowest BCUT2D eigenvalue weighted by atomic mass is 10.1. The first-order valence-electron chi connectivity index (χ1n) is 9.51. The number of aromatic hydroxyl groups is 1. The summed E-state index contributed by atoms with van der Waals surface area (Å²) in [4.78, 5) is 8.84. The summed E-state index contributed by atoms with van der Waals surface area (Å²) in [6, 6.07) is 10.0. The van der Waals surface area contributed by atoms with Gasteiger partial charge in [-0.1, -0.05) is 42.3 Å². The van der Waals surface area contributed by atoms with Crippen molar-refractivity contribution in [1.29, 1.82) is 0 Å². The maximum absolute atomic E-state index is 12.6. The number of rotatable bonds is 7. The summed E-state index contributed by atoms with van der Waals surface area (Å²) in [7, 11) is 0. The quantitative estimate of drug-likeness (QED) is 0.311. The van der Waals surface area contributed by atoms with Crippen molar-refractivity contribution in [3.63, 3.8) is 0 Å². The number of hydrogen-bond acceptors (Lipinski definition) is 6. The largest absolute Gasteiger partial charge is 0.573 e. The molecule has 3 aromatic rings. The molecule has 2 aromatic carbocycles. The maximum Gasteiger partial charge on any atom is 0.573 e. The molecule has 0 saturated heterocycles. The minimum atomic E-state index is -4.81. The van der Waals surface area contributed by atoms with E-state index in [0.717, 1.165) is 6.42 Å². The molecule has 0 saturated carbocycles. The van der Waals surface area contributed by atoms with E-state index in [1.165, 1.54) is 30.3 Å². The van der Waals surface area contributed by atoms with Crippen LogP contribution in [0, 0.1) is 0 Å². The highest BCUT2D eigenvalue weighted by Gasteiger charge is 2.31. The molecule has 170 valence electrons. The van der Waals surface area contributed by atoms with E-state index < -0.39 is 6.36 Å². The van der Waals surface area contributed by atoms with Gasteiger partial charge in [-0.15, -0.1) is 13.2 Å². The number of aromatic nitrogens is 2. The van der Waals surface area contributed by atoms with Gasteiger partial charge in [0.1, 0.15) is 11.6 Å². The maximum atomic E-state index is 12.6. The molecule has 0 aliphatic carbocycles. The number of alkyl halides is 3. The van der Waals surface area contributed by atoms with Crippen LogP contribution in [0.1, 0.15) is 20.3 Å². The van der Waals surface area contributed by atoms with Crippen LogP contribution < -0.4 is 15.4 Å². The molecule has 1 atom stereocenters. The van der Waals surface area contributed by atoms with Crippen LogP contribution >= 0.6 is 23.2 Å². The Kier molecular flexibility index (Phi) is 7.20. The van der Waals surface area contributed by atoms with E-state index in [-0.39, 0.29) is 33.5 Å². The summed E-state index contributed by atoms with van der Waals surface area (Å²) < 4.78 is 41.9. The van der Waals surface area contributed by atoms with Crippen molar-refractivity contribution in [3.8, 4) is 22.8 Å². The highest BCUT2D eigenvalue weighted by atomic mass is 35.5. The summed E-state index contributed by atoms with van der Waals surface area (Å²) in [6.45, 7) is 3.93. The predicted molar refractivity (Wildman–Crippen MR) is 119 cm³/mol. The second-order valence-electron chi connectivity index (χ2n) is 6.90. The number of phenols is 1. The zero-order valence-electron chi connectivity index (χ0n) is 17.0. The number of nitrogens with zero attached hydrogens (tertiary/aromatic N) is 2. The molecule has 1 heterocycles. The van der Waals surface area contributed by atoms with Gasteiger partial charge in [0.05, 0.1) is 15.7 Å². The van der Waals surface area contributed by atoms with Gasteiger partial charge < -0.3 is 20.5 Å². The Morgan fingerprint density at radius 3 is 2.41 bits per heavy atom. The number of nitrogens with one attached hydrogen (secondary N) is 2. The van der Waals surface area contributed by atoms with Gasteiger partial charge in [-0.3, -0.25) is 0 Å². The van der Waals surface area contributed by atoms with Gasteiger partial charge in [-0.05, 0) is 37.6 Å². The zero-order valence-corrected chi connectivity index (χ0v) is 18.5. The van der Waals surface area contributed by atoms with Gasteiger partial charge in [0.2, 0.25) is 5.95 Å². The minimum absolute atomic E-state index is 0.0456. The number of hydrogen-bond donors (Lipinski definition) is 3. The third kappa shape index (κ3) is 6.30. The molecule has 32 heavy (non-hydrogen) atoms. The number of benzene rings is 2. The molecule has 1 aromatic heterocycles. The van der Waals surface area contributed by atoms with E-state index in [2.05, 4.69) is 25.3 Å². The molecule has 0 radical (unpaired) electrons. The number of phenolic OH excluding ortho intramolecular Hbond substituents is 1. The molecule has 11 heteroatoms. The molecule has 0 aliphatic rings. The second-order valence-corrected chi connectivity index (χ2v) is 7.72. The van der Waals surface area contributed by atoms with E-state index in [0.29, 0.717) is 22.8 Å². The van der Waals surface area contributed by atoms with Crippen molar-refractivity contribution in [1.82, 2.24) is 9.97 Å². The summed E-state index contributed by atoms with van der Waals surface area (Å²) in [5.41, 5.74) is 1.20. The van der Waals surface area contributed by atoms with E-state index in [1.54, 1.807) is 12.1 Å². The van der Waals surface area contributed by atoms with Crippen LogP contribution in [0.15, 0.2) is 42.5 Å². The third-order valence-corrected chi connectivity index (χ3v) is 4.94. The second kappa shape index (κ2) is 9.70. The van der Waals surface area contributed by atoms with Crippen LogP contribution in [0.2, 0.25) is 10.0 Å². The molecule has 3 rings (SSSR count). The van der Waals surface area contributed by atoms with Gasteiger partial charge in [0, 0.05) is 23.4 Å². The Morgan fingerprint density at radius 1 is 1.09 bits per heavy atom. The van der Waals surface area contributed by atoms with Crippen molar-refractivity contribution < 1.29 is 23.0 Å². The van der Waals surface area contributed by atoms with E-state index in [4.69, 9.17) is 23.2 Å². The van der Waals surface area contributed by atoms with Crippen molar-refractivity contribution in [2.24, 2.45) is 0 Å². The van der Waals surface area contributed by atoms with Crippen molar-refractivity contribution in [2.75, 3.05) is 10.6 Å². The van der Waals surface area contributed by atoms with E-state index >= 15 is 0 Å². The minimum Gasteiger partial charge on any atom is -0.505 e. The molecule has 0 bridgehead atoms. The lowest BCUT2D eigenvalue weighted by molar-refractivity contribution is -0.274. The zero-order chi connectivity index (χ0) is 23.5. The molecule has 0 amide bonds. The molecule has 3 N–H and O–H groups in total. The average Bonchev–Trinajstić information content (AvgIpc) is 2.70. The molecule has 0 unspecified atom stereocenters. The summed E-state index contributed by atoms with van der Waals surface area (Å²) in [5, 5.41) is 16.0. The Bertz CT molecular complexity index is 1090. The van der Waals surface area contributed by atoms with Crippen LogP contribution in [0.25, 0.3) is 11.3 Å². The molecule has 0 spiro atoms. The first-order chi connectivity index (χ1) is 15.0. The standard InChI is InChI=1S/C21H19Cl2F3N4O2/c1-3-11(2)27-20-29-17(12-5-4-6-14(7-12)32-21(24,25)26)10-18(30-20)28-13-8-15(22)19(31)16(23)9-13/h4-11,31H,3H2,1-2H3,(H2,27,28,29,30)/t11-/m0/s1. The highest BCUT2D eigenvalue weighted by molar-refractivity contribution is 6.37.